The number of benzene rings is 2. The molecule has 88 valence electrons. The lowest BCUT2D eigenvalue weighted by molar-refractivity contribution is 0.626. The van der Waals surface area contributed by atoms with Crippen molar-refractivity contribution in [1.82, 2.24) is 0 Å². The van der Waals surface area contributed by atoms with Crippen molar-refractivity contribution in [3.8, 4) is 0 Å². The summed E-state index contributed by atoms with van der Waals surface area (Å²) in [6.07, 6.45) is 0. The third kappa shape index (κ3) is 3.61. The van der Waals surface area contributed by atoms with Crippen LogP contribution in [0.3, 0.4) is 0 Å². The minimum atomic E-state index is -1.12. The Kier molecular flexibility index (Phi) is 4.28. The molecule has 17 heavy (non-hydrogen) atoms. The van der Waals surface area contributed by atoms with Gasteiger partial charge in [0, 0.05) is 8.47 Å². The lowest BCUT2D eigenvalue weighted by atomic mass is 10.2. The van der Waals surface area contributed by atoms with Crippen LogP contribution in [-0.2, 0) is 16.6 Å². The van der Waals surface area contributed by atoms with Gasteiger partial charge in [-0.2, -0.15) is 0 Å². The Morgan fingerprint density at radius 1 is 1.00 bits per heavy atom. The Balaban J connectivity index is 2.11. The van der Waals surface area contributed by atoms with Crippen molar-refractivity contribution in [3.05, 3.63) is 63.5 Å². The molecule has 0 fully saturated rings. The fourth-order valence-corrected chi connectivity index (χ4v) is 2.86. The van der Waals surface area contributed by atoms with Crippen LogP contribution in [0.4, 0.5) is 4.39 Å². The highest BCUT2D eigenvalue weighted by molar-refractivity contribution is 14.1. The van der Waals surface area contributed by atoms with E-state index in [4.69, 9.17) is 0 Å². The number of hydrogen-bond donors (Lipinski definition) is 0. The van der Waals surface area contributed by atoms with E-state index in [0.717, 1.165) is 9.13 Å². The van der Waals surface area contributed by atoms with Crippen LogP contribution in [0.15, 0.2) is 53.4 Å². The Morgan fingerprint density at radius 2 is 1.59 bits per heavy atom. The van der Waals surface area contributed by atoms with Gasteiger partial charge >= 0.3 is 0 Å². The van der Waals surface area contributed by atoms with E-state index in [-0.39, 0.29) is 5.82 Å². The first-order valence-corrected chi connectivity index (χ1v) is 7.43. The van der Waals surface area contributed by atoms with Gasteiger partial charge in [0.05, 0.1) is 16.6 Å². The predicted octanol–water partition coefficient (Wildman–Crippen LogP) is 3.74. The summed E-state index contributed by atoms with van der Waals surface area (Å²) in [7, 11) is -1.12. The molecule has 0 saturated carbocycles. The second kappa shape index (κ2) is 5.73. The first-order valence-electron chi connectivity index (χ1n) is 5.03. The van der Waals surface area contributed by atoms with Crippen molar-refractivity contribution < 1.29 is 8.60 Å². The average molecular weight is 360 g/mol. The van der Waals surface area contributed by atoms with Crippen LogP contribution in [0.25, 0.3) is 0 Å². The Bertz CT molecular complexity index is 522. The van der Waals surface area contributed by atoms with Gasteiger partial charge in [0.1, 0.15) is 5.82 Å². The van der Waals surface area contributed by atoms with Crippen molar-refractivity contribution in [2.75, 3.05) is 0 Å². The fraction of sp³-hybridized carbons (Fsp3) is 0.0769. The molecular weight excluding hydrogens is 350 g/mol. The average Bonchev–Trinajstić information content (AvgIpc) is 2.33. The molecule has 0 bridgehead atoms. The van der Waals surface area contributed by atoms with Crippen molar-refractivity contribution in [2.24, 2.45) is 0 Å². The highest BCUT2D eigenvalue weighted by Gasteiger charge is 2.05. The normalized spacial score (nSPS) is 12.4. The van der Waals surface area contributed by atoms with E-state index in [1.807, 2.05) is 24.3 Å². The van der Waals surface area contributed by atoms with Crippen LogP contribution in [0.5, 0.6) is 0 Å². The van der Waals surface area contributed by atoms with Gasteiger partial charge in [-0.3, -0.25) is 4.21 Å². The van der Waals surface area contributed by atoms with Crippen LogP contribution >= 0.6 is 22.6 Å². The molecule has 0 aliphatic rings. The summed E-state index contributed by atoms with van der Waals surface area (Å²) in [5.74, 6) is 0.155. The van der Waals surface area contributed by atoms with Gasteiger partial charge in [-0.25, -0.2) is 4.39 Å². The zero-order chi connectivity index (χ0) is 12.3. The lowest BCUT2D eigenvalue weighted by Crippen LogP contribution is -1.96. The molecule has 0 N–H and O–H groups in total. The number of halogens is 2. The third-order valence-electron chi connectivity index (χ3n) is 2.29. The number of hydrogen-bond acceptors (Lipinski definition) is 1. The maximum absolute atomic E-state index is 12.7. The van der Waals surface area contributed by atoms with Crippen molar-refractivity contribution >= 4 is 33.4 Å². The maximum atomic E-state index is 12.7. The summed E-state index contributed by atoms with van der Waals surface area (Å²) in [5, 5.41) is 0. The molecule has 4 heteroatoms. The summed E-state index contributed by atoms with van der Waals surface area (Å²) < 4.78 is 25.9. The molecule has 2 rings (SSSR count). The second-order valence-electron chi connectivity index (χ2n) is 3.57. The van der Waals surface area contributed by atoms with Gasteiger partial charge in [-0.1, -0.05) is 12.1 Å². The minimum Gasteiger partial charge on any atom is -0.254 e. The van der Waals surface area contributed by atoms with Gasteiger partial charge in [0.15, 0.2) is 0 Å². The molecule has 2 aromatic carbocycles. The topological polar surface area (TPSA) is 17.1 Å². The van der Waals surface area contributed by atoms with E-state index in [9.17, 15) is 8.60 Å². The highest BCUT2D eigenvalue weighted by Crippen LogP contribution is 2.14. The van der Waals surface area contributed by atoms with E-state index in [0.29, 0.717) is 10.6 Å². The monoisotopic (exact) mass is 360 g/mol. The molecule has 0 aliphatic heterocycles. The minimum absolute atomic E-state index is 0.306. The second-order valence-corrected chi connectivity index (χ2v) is 6.27. The molecule has 0 heterocycles. The van der Waals surface area contributed by atoms with Crippen molar-refractivity contribution in [2.45, 2.75) is 10.6 Å². The standard InChI is InChI=1S/C13H10FIOS/c14-11-3-7-13(8-4-11)17(16)9-10-1-5-12(15)6-2-10/h1-8H,9H2. The van der Waals surface area contributed by atoms with Crippen LogP contribution < -0.4 is 0 Å². The molecule has 0 amide bonds. The Hall–Kier alpha value is -0.750. The molecule has 1 unspecified atom stereocenters. The molecule has 1 atom stereocenters. The zero-order valence-electron chi connectivity index (χ0n) is 8.90. The quantitative estimate of drug-likeness (QED) is 0.763. The van der Waals surface area contributed by atoms with Gasteiger partial charge in [0.25, 0.3) is 0 Å². The van der Waals surface area contributed by atoms with Gasteiger partial charge in [0.2, 0.25) is 0 Å². The Labute approximate surface area is 116 Å². The van der Waals surface area contributed by atoms with E-state index in [1.54, 1.807) is 12.1 Å². The van der Waals surface area contributed by atoms with E-state index in [1.165, 1.54) is 12.1 Å². The maximum Gasteiger partial charge on any atom is 0.123 e. The SMILES string of the molecule is O=S(Cc1ccc(I)cc1)c1ccc(F)cc1. The molecule has 0 radical (unpaired) electrons. The predicted molar refractivity (Wildman–Crippen MR) is 75.7 cm³/mol. The fourth-order valence-electron chi connectivity index (χ4n) is 1.40. The zero-order valence-corrected chi connectivity index (χ0v) is 11.9. The van der Waals surface area contributed by atoms with Crippen LogP contribution in [-0.4, -0.2) is 4.21 Å². The van der Waals surface area contributed by atoms with Crippen molar-refractivity contribution in [3.63, 3.8) is 0 Å². The molecule has 0 aliphatic carbocycles. The van der Waals surface area contributed by atoms with E-state index < -0.39 is 10.8 Å². The summed E-state index contributed by atoms with van der Waals surface area (Å²) >= 11 is 2.23. The van der Waals surface area contributed by atoms with E-state index in [2.05, 4.69) is 22.6 Å². The number of rotatable bonds is 3. The molecule has 0 saturated heterocycles. The summed E-state index contributed by atoms with van der Waals surface area (Å²) in [6.45, 7) is 0. The smallest absolute Gasteiger partial charge is 0.123 e. The lowest BCUT2D eigenvalue weighted by Gasteiger charge is -2.03. The summed E-state index contributed by atoms with van der Waals surface area (Å²) in [6, 6.07) is 13.7. The first-order chi connectivity index (χ1) is 8.15. The van der Waals surface area contributed by atoms with Gasteiger partial charge in [-0.15, -0.1) is 0 Å². The van der Waals surface area contributed by atoms with Gasteiger partial charge in [-0.05, 0) is 64.6 Å². The van der Waals surface area contributed by atoms with Crippen LogP contribution in [0, 0.1) is 9.39 Å². The highest BCUT2D eigenvalue weighted by atomic mass is 127. The largest absolute Gasteiger partial charge is 0.254 e. The van der Waals surface area contributed by atoms with Crippen molar-refractivity contribution in [1.29, 1.82) is 0 Å². The van der Waals surface area contributed by atoms with Crippen LogP contribution in [0.2, 0.25) is 0 Å². The van der Waals surface area contributed by atoms with Gasteiger partial charge < -0.3 is 0 Å². The summed E-state index contributed by atoms with van der Waals surface area (Å²) in [4.78, 5) is 0.657. The molecule has 1 nitrogen and oxygen atoms in total. The molecule has 0 spiro atoms. The molecule has 2 aromatic rings. The van der Waals surface area contributed by atoms with E-state index >= 15 is 0 Å². The molecule has 0 aromatic heterocycles. The first kappa shape index (κ1) is 12.7. The Morgan fingerprint density at radius 3 is 2.18 bits per heavy atom. The molecular formula is C13H10FIOS. The van der Waals surface area contributed by atoms with Crippen LogP contribution in [0.1, 0.15) is 5.56 Å². The third-order valence-corrected chi connectivity index (χ3v) is 4.40. The summed E-state index contributed by atoms with van der Waals surface area (Å²) in [5.41, 5.74) is 1.02.